The predicted octanol–water partition coefficient (Wildman–Crippen LogP) is 5.98. The first kappa shape index (κ1) is 23.2. The molecule has 1 aliphatic heterocycles. The number of ether oxygens (including phenoxy) is 2. The molecule has 0 unspecified atom stereocenters. The van der Waals surface area contributed by atoms with Gasteiger partial charge in [-0.05, 0) is 42.7 Å². The Morgan fingerprint density at radius 2 is 1.70 bits per heavy atom. The van der Waals surface area contributed by atoms with Gasteiger partial charge in [-0.15, -0.1) is 0 Å². The molecule has 1 heterocycles. The zero-order valence-corrected chi connectivity index (χ0v) is 20.8. The van der Waals surface area contributed by atoms with Gasteiger partial charge in [-0.3, -0.25) is 4.79 Å². The summed E-state index contributed by atoms with van der Waals surface area (Å²) in [7, 11) is 3.27. The largest absolute Gasteiger partial charge is 0.493 e. The van der Waals surface area contributed by atoms with Crippen LogP contribution in [0.25, 0.3) is 0 Å². The van der Waals surface area contributed by atoms with Crippen LogP contribution in [0.4, 0.5) is 5.69 Å². The van der Waals surface area contributed by atoms with Crippen LogP contribution in [0.3, 0.4) is 0 Å². The zero-order valence-electron chi connectivity index (χ0n) is 19.2. The summed E-state index contributed by atoms with van der Waals surface area (Å²) in [5.74, 6) is 1.43. The van der Waals surface area contributed by atoms with Crippen molar-refractivity contribution >= 4 is 27.5 Å². The summed E-state index contributed by atoms with van der Waals surface area (Å²) >= 11 is 3.52. The van der Waals surface area contributed by atoms with Gasteiger partial charge in [-0.1, -0.05) is 58.4 Å². The average molecular weight is 509 g/mol. The van der Waals surface area contributed by atoms with Gasteiger partial charge in [0.25, 0.3) is 0 Å². The van der Waals surface area contributed by atoms with Gasteiger partial charge in [0.05, 0.1) is 26.7 Å². The molecule has 3 aromatic rings. The second kappa shape index (κ2) is 10.3. The first-order valence-corrected chi connectivity index (χ1v) is 11.9. The molecular weight excluding hydrogens is 480 g/mol. The lowest BCUT2D eigenvalue weighted by Gasteiger charge is -2.39. The van der Waals surface area contributed by atoms with Gasteiger partial charge < -0.3 is 19.7 Å². The van der Waals surface area contributed by atoms with E-state index in [1.807, 2.05) is 59.5 Å². The number of carbonyl (C=O) groups is 1. The number of hydrogen-bond donors (Lipinski definition) is 1. The maximum Gasteiger partial charge on any atom is 0.227 e. The van der Waals surface area contributed by atoms with Gasteiger partial charge in [-0.25, -0.2) is 0 Å². The second-order valence-electron chi connectivity index (χ2n) is 8.41. The van der Waals surface area contributed by atoms with Crippen molar-refractivity contribution < 1.29 is 14.3 Å². The first-order valence-electron chi connectivity index (χ1n) is 11.1. The van der Waals surface area contributed by atoms with E-state index in [9.17, 15) is 4.79 Å². The number of anilines is 1. The smallest absolute Gasteiger partial charge is 0.227 e. The molecule has 0 aliphatic carbocycles. The lowest BCUT2D eigenvalue weighted by molar-refractivity contribution is -0.134. The molecule has 4 rings (SSSR count). The van der Waals surface area contributed by atoms with Gasteiger partial charge in [-0.2, -0.15) is 0 Å². The van der Waals surface area contributed by atoms with Crippen LogP contribution >= 0.6 is 15.9 Å². The molecule has 6 heteroatoms. The second-order valence-corrected chi connectivity index (χ2v) is 9.32. The third-order valence-electron chi connectivity index (χ3n) is 6.03. The number of methoxy groups -OCH3 is 2. The van der Waals surface area contributed by atoms with Crippen LogP contribution in [-0.4, -0.2) is 31.1 Å². The van der Waals surface area contributed by atoms with Crippen LogP contribution in [-0.2, 0) is 17.8 Å². The fraction of sp³-hybridized carbons (Fsp3) is 0.296. The third-order valence-corrected chi connectivity index (χ3v) is 6.52. The Labute approximate surface area is 203 Å². The number of fused-ring (bicyclic) bond motifs is 1. The summed E-state index contributed by atoms with van der Waals surface area (Å²) in [6.07, 6.45) is 1.15. The zero-order chi connectivity index (χ0) is 23.4. The molecule has 5 nitrogen and oxygen atoms in total. The van der Waals surface area contributed by atoms with E-state index in [1.54, 1.807) is 14.2 Å². The quantitative estimate of drug-likeness (QED) is 0.426. The highest BCUT2D eigenvalue weighted by Crippen LogP contribution is 2.43. The minimum Gasteiger partial charge on any atom is -0.493 e. The van der Waals surface area contributed by atoms with Crippen molar-refractivity contribution in [2.45, 2.75) is 38.4 Å². The highest BCUT2D eigenvalue weighted by molar-refractivity contribution is 9.10. The van der Waals surface area contributed by atoms with E-state index in [1.165, 1.54) is 0 Å². The highest BCUT2D eigenvalue weighted by Gasteiger charge is 2.33. The maximum atomic E-state index is 13.8. The molecule has 3 aromatic carbocycles. The first-order chi connectivity index (χ1) is 16.0. The van der Waals surface area contributed by atoms with Crippen LogP contribution in [0, 0.1) is 0 Å². The summed E-state index contributed by atoms with van der Waals surface area (Å²) in [6, 6.07) is 22.2. The summed E-state index contributed by atoms with van der Waals surface area (Å²) in [4.78, 5) is 15.8. The fourth-order valence-corrected chi connectivity index (χ4v) is 4.90. The standard InChI is InChI=1S/C27H29BrN2O3/c1-18-12-24(22-15-25(32-2)26(33-3)16-23(22)29-18)30(17-19-8-5-4-6-9-19)27(31)14-20-10-7-11-21(28)13-20/h4-11,13,15-16,18,24,29H,12,14,17H2,1-3H3/t18-,24+/m0/s1. The topological polar surface area (TPSA) is 50.8 Å². The van der Waals surface area contributed by atoms with Gasteiger partial charge in [0.15, 0.2) is 11.5 Å². The van der Waals surface area contributed by atoms with Crippen molar-refractivity contribution in [1.82, 2.24) is 4.90 Å². The van der Waals surface area contributed by atoms with E-state index in [0.717, 1.165) is 33.3 Å². The molecule has 0 bridgehead atoms. The highest BCUT2D eigenvalue weighted by atomic mass is 79.9. The molecule has 2 atom stereocenters. The molecule has 0 saturated carbocycles. The van der Waals surface area contributed by atoms with Crippen molar-refractivity contribution in [2.24, 2.45) is 0 Å². The van der Waals surface area contributed by atoms with Gasteiger partial charge >= 0.3 is 0 Å². The summed E-state index contributed by atoms with van der Waals surface area (Å²) in [5, 5.41) is 3.55. The van der Waals surface area contributed by atoms with Crippen molar-refractivity contribution in [1.29, 1.82) is 0 Å². The molecular formula is C27H29BrN2O3. The molecule has 172 valence electrons. The molecule has 1 N–H and O–H groups in total. The number of rotatable bonds is 7. The minimum absolute atomic E-state index is 0.0871. The molecule has 33 heavy (non-hydrogen) atoms. The number of benzene rings is 3. The van der Waals surface area contributed by atoms with Crippen LogP contribution in [0.1, 0.15) is 36.1 Å². The molecule has 0 fully saturated rings. The normalized spacial score (nSPS) is 17.0. The van der Waals surface area contributed by atoms with E-state index in [2.05, 4.69) is 40.3 Å². The van der Waals surface area contributed by atoms with Crippen LogP contribution in [0.5, 0.6) is 11.5 Å². The molecule has 0 aromatic heterocycles. The van der Waals surface area contributed by atoms with E-state index in [0.29, 0.717) is 24.5 Å². The Hall–Kier alpha value is -2.99. The summed E-state index contributed by atoms with van der Waals surface area (Å²) in [6.45, 7) is 2.69. The van der Waals surface area contributed by atoms with E-state index >= 15 is 0 Å². The Morgan fingerprint density at radius 1 is 1.00 bits per heavy atom. The van der Waals surface area contributed by atoms with E-state index in [-0.39, 0.29) is 18.0 Å². The molecule has 1 aliphatic rings. The van der Waals surface area contributed by atoms with Crippen molar-refractivity contribution in [3.63, 3.8) is 0 Å². The Kier molecular flexibility index (Phi) is 7.23. The van der Waals surface area contributed by atoms with Gasteiger partial charge in [0, 0.05) is 34.4 Å². The van der Waals surface area contributed by atoms with Crippen LogP contribution in [0.15, 0.2) is 71.2 Å². The number of nitrogens with one attached hydrogen (secondary N) is 1. The number of nitrogens with zero attached hydrogens (tertiary/aromatic N) is 1. The molecule has 0 saturated heterocycles. The van der Waals surface area contributed by atoms with Crippen LogP contribution in [0.2, 0.25) is 0 Å². The number of halogens is 1. The predicted molar refractivity (Wildman–Crippen MR) is 135 cm³/mol. The van der Waals surface area contributed by atoms with Crippen molar-refractivity contribution in [3.05, 3.63) is 87.9 Å². The van der Waals surface area contributed by atoms with Gasteiger partial charge in [0.2, 0.25) is 5.91 Å². The summed E-state index contributed by atoms with van der Waals surface area (Å²) < 4.78 is 12.1. The molecule has 1 amide bonds. The van der Waals surface area contributed by atoms with Crippen molar-refractivity contribution in [2.75, 3.05) is 19.5 Å². The monoisotopic (exact) mass is 508 g/mol. The number of carbonyl (C=O) groups excluding carboxylic acids is 1. The Balaban J connectivity index is 1.74. The van der Waals surface area contributed by atoms with Gasteiger partial charge in [0.1, 0.15) is 0 Å². The third kappa shape index (κ3) is 5.33. The van der Waals surface area contributed by atoms with E-state index in [4.69, 9.17) is 9.47 Å². The van der Waals surface area contributed by atoms with E-state index < -0.39 is 0 Å². The Morgan fingerprint density at radius 3 is 2.39 bits per heavy atom. The fourth-order valence-electron chi connectivity index (χ4n) is 4.45. The lowest BCUT2D eigenvalue weighted by Crippen LogP contribution is -2.40. The SMILES string of the molecule is COc1cc2c(cc1OC)[C@H](N(Cc1ccccc1)C(=O)Cc1cccc(Br)c1)C[C@H](C)N2. The van der Waals surface area contributed by atoms with Crippen LogP contribution < -0.4 is 14.8 Å². The Bertz CT molecular complexity index is 1120. The summed E-state index contributed by atoms with van der Waals surface area (Å²) in [5.41, 5.74) is 4.12. The maximum absolute atomic E-state index is 13.8. The lowest BCUT2D eigenvalue weighted by atomic mass is 9.91. The van der Waals surface area contributed by atoms with Crippen molar-refractivity contribution in [3.8, 4) is 11.5 Å². The minimum atomic E-state index is -0.0871. The molecule has 0 radical (unpaired) electrons. The number of hydrogen-bond acceptors (Lipinski definition) is 4. The average Bonchev–Trinajstić information content (AvgIpc) is 2.81. The molecule has 0 spiro atoms. The number of amides is 1.